The first kappa shape index (κ1) is 43.6. The zero-order chi connectivity index (χ0) is 36.3. The number of aryl methyl sites for hydroxylation is 2. The quantitative estimate of drug-likeness (QED) is 0.0466. The SMILES string of the molecule is CCCCCCCCCCCCCCCNC(=O)OCC1COC(COC(=O)CCCCC[n+]2ccsc2)C1.Cc1ccc(S(=O)(=O)[O-])cc1. The van der Waals surface area contributed by atoms with E-state index in [1.54, 1.807) is 23.5 Å². The molecule has 0 radical (unpaired) electrons. The maximum atomic E-state index is 12.0. The summed E-state index contributed by atoms with van der Waals surface area (Å²) in [5.41, 5.74) is 3.03. The van der Waals surface area contributed by atoms with Crippen LogP contribution in [-0.4, -0.2) is 57.5 Å². The molecule has 2 unspecified atom stereocenters. The highest BCUT2D eigenvalue weighted by molar-refractivity contribution is 7.85. The number of nitrogens with zero attached hydrogens (tertiary/aromatic N) is 1. The molecule has 1 aliphatic rings. The molecule has 1 aromatic carbocycles. The van der Waals surface area contributed by atoms with Gasteiger partial charge in [0.15, 0.2) is 6.20 Å². The van der Waals surface area contributed by atoms with Gasteiger partial charge in [0.25, 0.3) is 0 Å². The predicted octanol–water partition coefficient (Wildman–Crippen LogP) is 8.26. The molecule has 1 amide bonds. The third-order valence-electron chi connectivity index (χ3n) is 8.73. The Balaban J connectivity index is 0.000000666. The van der Waals surface area contributed by atoms with Crippen LogP contribution in [0, 0.1) is 12.8 Å². The maximum absolute atomic E-state index is 12.0. The van der Waals surface area contributed by atoms with Crippen molar-refractivity contribution < 1.29 is 41.3 Å². The van der Waals surface area contributed by atoms with Crippen molar-refractivity contribution >= 4 is 33.5 Å². The number of rotatable bonds is 25. The van der Waals surface area contributed by atoms with Gasteiger partial charge in [-0.05, 0) is 44.7 Å². The van der Waals surface area contributed by atoms with Gasteiger partial charge in [-0.1, -0.05) is 113 Å². The second-order valence-electron chi connectivity index (χ2n) is 13.4. The van der Waals surface area contributed by atoms with Crippen LogP contribution >= 0.6 is 11.3 Å². The number of hydrogen-bond acceptors (Lipinski definition) is 9. The highest BCUT2D eigenvalue weighted by atomic mass is 32.2. The molecule has 0 saturated carbocycles. The van der Waals surface area contributed by atoms with Crippen molar-refractivity contribution in [3.63, 3.8) is 0 Å². The fourth-order valence-electron chi connectivity index (χ4n) is 5.68. The molecule has 2 atom stereocenters. The Bertz CT molecular complexity index is 1260. The predicted molar refractivity (Wildman–Crippen MR) is 196 cm³/mol. The normalized spacial score (nSPS) is 15.7. The zero-order valence-electron chi connectivity index (χ0n) is 30.5. The first-order valence-electron chi connectivity index (χ1n) is 18.8. The van der Waals surface area contributed by atoms with Crippen LogP contribution in [0.25, 0.3) is 0 Å². The first-order valence-corrected chi connectivity index (χ1v) is 21.1. The molecular formula is C38H62N2O8S2. The number of nitrogens with one attached hydrogen (secondary N) is 1. The molecule has 1 N–H and O–H groups in total. The summed E-state index contributed by atoms with van der Waals surface area (Å²) in [5.74, 6) is -0.000530. The Morgan fingerprint density at radius 2 is 1.50 bits per heavy atom. The van der Waals surface area contributed by atoms with Gasteiger partial charge in [-0.3, -0.25) is 4.79 Å². The summed E-state index contributed by atoms with van der Waals surface area (Å²) in [6.45, 7) is 6.92. The lowest BCUT2D eigenvalue weighted by atomic mass is 10.0. The van der Waals surface area contributed by atoms with Crippen LogP contribution in [0.1, 0.15) is 128 Å². The lowest BCUT2D eigenvalue weighted by Gasteiger charge is -2.11. The van der Waals surface area contributed by atoms with Crippen LogP contribution in [0.2, 0.25) is 0 Å². The molecule has 0 bridgehead atoms. The Hall–Kier alpha value is -2.54. The number of thiazole rings is 1. The van der Waals surface area contributed by atoms with Gasteiger partial charge < -0.3 is 24.1 Å². The lowest BCUT2D eigenvalue weighted by molar-refractivity contribution is -0.692. The van der Waals surface area contributed by atoms with Gasteiger partial charge in [0.2, 0.25) is 5.51 Å². The van der Waals surface area contributed by atoms with Crippen LogP contribution < -0.4 is 9.88 Å². The van der Waals surface area contributed by atoms with E-state index in [1.165, 1.54) is 82.8 Å². The van der Waals surface area contributed by atoms with E-state index in [0.717, 1.165) is 50.6 Å². The molecule has 2 aromatic rings. The fraction of sp³-hybridized carbons (Fsp3) is 0.711. The monoisotopic (exact) mass is 738 g/mol. The minimum absolute atomic E-state index is 0.105. The summed E-state index contributed by atoms with van der Waals surface area (Å²) in [7, 11) is -4.27. The van der Waals surface area contributed by atoms with Gasteiger partial charge in [-0.25, -0.2) is 13.2 Å². The van der Waals surface area contributed by atoms with Crippen molar-refractivity contribution in [3.05, 3.63) is 46.9 Å². The van der Waals surface area contributed by atoms with E-state index in [-0.39, 0.29) is 35.6 Å². The van der Waals surface area contributed by atoms with Gasteiger partial charge in [-0.2, -0.15) is 4.57 Å². The average molecular weight is 739 g/mol. The van der Waals surface area contributed by atoms with E-state index in [0.29, 0.717) is 26.2 Å². The van der Waals surface area contributed by atoms with E-state index in [1.807, 2.05) is 6.92 Å². The lowest BCUT2D eigenvalue weighted by Crippen LogP contribution is -2.29. The Labute approximate surface area is 305 Å². The second kappa shape index (κ2) is 27.2. The summed E-state index contributed by atoms with van der Waals surface area (Å²) < 4.78 is 49.8. The van der Waals surface area contributed by atoms with Crippen LogP contribution in [-0.2, 0) is 35.7 Å². The molecule has 0 aliphatic carbocycles. The summed E-state index contributed by atoms with van der Waals surface area (Å²) in [6.07, 6.45) is 22.9. The van der Waals surface area contributed by atoms with Gasteiger partial charge >= 0.3 is 12.1 Å². The maximum Gasteiger partial charge on any atom is 0.407 e. The third-order valence-corrected chi connectivity index (χ3v) is 10.2. The summed E-state index contributed by atoms with van der Waals surface area (Å²) in [4.78, 5) is 23.8. The van der Waals surface area contributed by atoms with Crippen molar-refractivity contribution in [2.75, 3.05) is 26.4 Å². The minimum Gasteiger partial charge on any atom is -0.744 e. The van der Waals surface area contributed by atoms with Crippen LogP contribution in [0.4, 0.5) is 4.79 Å². The number of aromatic nitrogens is 1. The van der Waals surface area contributed by atoms with E-state index >= 15 is 0 Å². The Morgan fingerprint density at radius 1 is 0.880 bits per heavy atom. The van der Waals surface area contributed by atoms with Gasteiger partial charge in [-0.15, -0.1) is 0 Å². The molecule has 3 rings (SSSR count). The molecule has 1 saturated heterocycles. The van der Waals surface area contributed by atoms with Crippen LogP contribution in [0.3, 0.4) is 0 Å². The van der Waals surface area contributed by atoms with Crippen molar-refractivity contribution in [2.24, 2.45) is 5.92 Å². The van der Waals surface area contributed by atoms with Gasteiger partial charge in [0.05, 0.1) is 29.6 Å². The molecule has 1 aromatic heterocycles. The summed E-state index contributed by atoms with van der Waals surface area (Å²) >= 11 is 1.69. The molecule has 2 heterocycles. The number of hydrogen-bond donors (Lipinski definition) is 1. The first-order chi connectivity index (χ1) is 24.2. The van der Waals surface area contributed by atoms with Gasteiger partial charge in [0, 0.05) is 25.3 Å². The minimum atomic E-state index is -4.27. The number of alkyl carbamates (subject to hydrolysis) is 1. The Kier molecular flexibility index (Phi) is 23.7. The second-order valence-corrected chi connectivity index (χ2v) is 15.5. The number of carbonyl (C=O) groups is 2. The van der Waals surface area contributed by atoms with E-state index < -0.39 is 10.1 Å². The molecule has 284 valence electrons. The summed E-state index contributed by atoms with van der Waals surface area (Å²) in [5, 5.41) is 4.93. The highest BCUT2D eigenvalue weighted by Gasteiger charge is 2.27. The smallest absolute Gasteiger partial charge is 0.407 e. The molecule has 0 spiro atoms. The molecular weight excluding hydrogens is 677 g/mol. The van der Waals surface area contributed by atoms with Crippen LogP contribution in [0.15, 0.2) is 46.2 Å². The topological polar surface area (TPSA) is 135 Å². The van der Waals surface area contributed by atoms with Crippen molar-refractivity contribution in [3.8, 4) is 0 Å². The van der Waals surface area contributed by atoms with Crippen molar-refractivity contribution in [1.29, 1.82) is 0 Å². The molecule has 10 nitrogen and oxygen atoms in total. The molecule has 1 fully saturated rings. The van der Waals surface area contributed by atoms with Crippen molar-refractivity contribution in [1.82, 2.24) is 5.32 Å². The number of benzene rings is 1. The van der Waals surface area contributed by atoms with E-state index in [9.17, 15) is 22.6 Å². The largest absolute Gasteiger partial charge is 0.744 e. The molecule has 50 heavy (non-hydrogen) atoms. The zero-order valence-corrected chi connectivity index (χ0v) is 32.1. The number of ether oxygens (including phenoxy) is 3. The fourth-order valence-corrected chi connectivity index (χ4v) is 6.78. The van der Waals surface area contributed by atoms with Gasteiger partial charge in [0.1, 0.15) is 23.3 Å². The molecule has 12 heteroatoms. The van der Waals surface area contributed by atoms with E-state index in [4.69, 9.17) is 14.2 Å². The number of carbonyl (C=O) groups excluding carboxylic acids is 2. The number of esters is 1. The summed E-state index contributed by atoms with van der Waals surface area (Å²) in [6, 6.07) is 5.78. The van der Waals surface area contributed by atoms with Crippen molar-refractivity contribution in [2.45, 2.75) is 147 Å². The molecule has 1 aliphatic heterocycles. The average Bonchev–Trinajstić information content (AvgIpc) is 3.79. The Morgan fingerprint density at radius 3 is 2.10 bits per heavy atom. The number of unbranched alkanes of at least 4 members (excludes halogenated alkanes) is 14. The number of amides is 1. The third kappa shape index (κ3) is 22.3. The van der Waals surface area contributed by atoms with Crippen LogP contribution in [0.5, 0.6) is 0 Å². The van der Waals surface area contributed by atoms with E-state index in [2.05, 4.69) is 33.9 Å². The highest BCUT2D eigenvalue weighted by Crippen LogP contribution is 2.20. The standard InChI is InChI=1S/C31H54N2O5S.C7H8O3S/c1-2-3-4-5-6-7-8-9-10-11-12-13-16-19-32-31(35)38-25-28-23-29(36-24-28)26-37-30(34)18-15-14-17-20-33-21-22-39-27-33;1-6-2-4-7(5-3-6)11(8,9)10/h21-22,27-29H,2-20,23-26H2,1H3;2-5H,1H3,(H,8,9,10).